The SMILES string of the molecule is CC(C)CNCc1ccc(Oc2ccc(Cl)c(Cl)c2)cc1. The Balaban J connectivity index is 1.94. The Morgan fingerprint density at radius 3 is 2.24 bits per heavy atom. The maximum atomic E-state index is 5.97. The van der Waals surface area contributed by atoms with Gasteiger partial charge in [-0.2, -0.15) is 0 Å². The van der Waals surface area contributed by atoms with Crippen molar-refractivity contribution in [1.29, 1.82) is 0 Å². The van der Waals surface area contributed by atoms with Crippen molar-refractivity contribution in [2.75, 3.05) is 6.54 Å². The van der Waals surface area contributed by atoms with Gasteiger partial charge in [0.15, 0.2) is 0 Å². The van der Waals surface area contributed by atoms with E-state index in [1.165, 1.54) is 5.56 Å². The maximum absolute atomic E-state index is 5.97. The van der Waals surface area contributed by atoms with Crippen LogP contribution in [-0.2, 0) is 6.54 Å². The second-order valence-electron chi connectivity index (χ2n) is 5.35. The number of hydrogen-bond acceptors (Lipinski definition) is 2. The van der Waals surface area contributed by atoms with Crippen molar-refractivity contribution >= 4 is 23.2 Å². The number of nitrogens with one attached hydrogen (secondary N) is 1. The molecule has 0 saturated heterocycles. The summed E-state index contributed by atoms with van der Waals surface area (Å²) in [6.07, 6.45) is 0. The summed E-state index contributed by atoms with van der Waals surface area (Å²) in [6.45, 7) is 6.27. The van der Waals surface area contributed by atoms with Gasteiger partial charge in [0.2, 0.25) is 0 Å². The van der Waals surface area contributed by atoms with Gasteiger partial charge in [0, 0.05) is 12.6 Å². The lowest BCUT2D eigenvalue weighted by molar-refractivity contribution is 0.482. The van der Waals surface area contributed by atoms with E-state index in [1.807, 2.05) is 12.1 Å². The van der Waals surface area contributed by atoms with Crippen molar-refractivity contribution < 1.29 is 4.74 Å². The minimum Gasteiger partial charge on any atom is -0.457 e. The highest BCUT2D eigenvalue weighted by Gasteiger charge is 2.02. The molecule has 0 aromatic heterocycles. The molecule has 2 aromatic rings. The molecule has 0 aliphatic heterocycles. The van der Waals surface area contributed by atoms with E-state index in [1.54, 1.807) is 18.2 Å². The fourth-order valence-corrected chi connectivity index (χ4v) is 2.15. The Kier molecular flexibility index (Phi) is 5.92. The third-order valence-electron chi connectivity index (χ3n) is 2.93. The Labute approximate surface area is 136 Å². The van der Waals surface area contributed by atoms with Crippen LogP contribution in [0.4, 0.5) is 0 Å². The first-order valence-corrected chi connectivity index (χ1v) is 7.73. The van der Waals surface area contributed by atoms with Crippen molar-refractivity contribution in [2.45, 2.75) is 20.4 Å². The molecule has 0 spiro atoms. The number of benzene rings is 2. The maximum Gasteiger partial charge on any atom is 0.129 e. The minimum absolute atomic E-state index is 0.490. The molecular formula is C17H19Cl2NO. The van der Waals surface area contributed by atoms with Gasteiger partial charge in [-0.15, -0.1) is 0 Å². The largest absolute Gasteiger partial charge is 0.457 e. The van der Waals surface area contributed by atoms with E-state index < -0.39 is 0 Å². The number of hydrogen-bond donors (Lipinski definition) is 1. The highest BCUT2D eigenvalue weighted by molar-refractivity contribution is 6.42. The number of ether oxygens (including phenoxy) is 1. The zero-order valence-corrected chi connectivity index (χ0v) is 13.7. The van der Waals surface area contributed by atoms with Gasteiger partial charge < -0.3 is 10.1 Å². The zero-order valence-electron chi connectivity index (χ0n) is 12.2. The highest BCUT2D eigenvalue weighted by atomic mass is 35.5. The fraction of sp³-hybridized carbons (Fsp3) is 0.294. The first kappa shape index (κ1) is 16.2. The van der Waals surface area contributed by atoms with Gasteiger partial charge in [-0.1, -0.05) is 49.2 Å². The smallest absolute Gasteiger partial charge is 0.129 e. The molecule has 0 atom stereocenters. The van der Waals surface area contributed by atoms with Crippen LogP contribution in [-0.4, -0.2) is 6.54 Å². The summed E-state index contributed by atoms with van der Waals surface area (Å²) in [5, 5.41) is 4.42. The molecule has 4 heteroatoms. The Morgan fingerprint density at radius 2 is 1.62 bits per heavy atom. The van der Waals surface area contributed by atoms with Crippen LogP contribution in [0, 0.1) is 5.92 Å². The van der Waals surface area contributed by atoms with Crippen LogP contribution in [0.3, 0.4) is 0 Å². The summed E-state index contributed by atoms with van der Waals surface area (Å²) in [6, 6.07) is 13.3. The standard InChI is InChI=1S/C17H19Cl2NO/c1-12(2)10-20-11-13-3-5-14(6-4-13)21-15-7-8-16(18)17(19)9-15/h3-9,12,20H,10-11H2,1-2H3. The van der Waals surface area contributed by atoms with E-state index in [0.29, 0.717) is 21.7 Å². The van der Waals surface area contributed by atoms with E-state index in [0.717, 1.165) is 18.8 Å². The van der Waals surface area contributed by atoms with Crippen LogP contribution in [0.25, 0.3) is 0 Å². The minimum atomic E-state index is 0.490. The normalized spacial score (nSPS) is 10.9. The van der Waals surface area contributed by atoms with E-state index in [4.69, 9.17) is 27.9 Å². The topological polar surface area (TPSA) is 21.3 Å². The first-order chi connectivity index (χ1) is 10.0. The van der Waals surface area contributed by atoms with Crippen LogP contribution >= 0.6 is 23.2 Å². The molecular weight excluding hydrogens is 305 g/mol. The van der Waals surface area contributed by atoms with Crippen LogP contribution in [0.15, 0.2) is 42.5 Å². The van der Waals surface area contributed by atoms with Crippen LogP contribution in [0.5, 0.6) is 11.5 Å². The molecule has 112 valence electrons. The van der Waals surface area contributed by atoms with E-state index in [-0.39, 0.29) is 0 Å². The summed E-state index contributed by atoms with van der Waals surface area (Å²) in [7, 11) is 0. The van der Waals surface area contributed by atoms with E-state index >= 15 is 0 Å². The van der Waals surface area contributed by atoms with Gasteiger partial charge in [0.25, 0.3) is 0 Å². The van der Waals surface area contributed by atoms with Gasteiger partial charge in [0.1, 0.15) is 11.5 Å². The van der Waals surface area contributed by atoms with Gasteiger partial charge in [0.05, 0.1) is 10.0 Å². The Hall–Kier alpha value is -1.22. The number of halogens is 2. The lowest BCUT2D eigenvalue weighted by atomic mass is 10.2. The molecule has 2 nitrogen and oxygen atoms in total. The molecule has 0 aliphatic rings. The molecule has 2 rings (SSSR count). The number of rotatable bonds is 6. The van der Waals surface area contributed by atoms with Gasteiger partial charge >= 0.3 is 0 Å². The molecule has 0 aliphatic carbocycles. The van der Waals surface area contributed by atoms with Crippen LogP contribution < -0.4 is 10.1 Å². The first-order valence-electron chi connectivity index (χ1n) is 6.97. The molecule has 1 N–H and O–H groups in total. The molecule has 2 aromatic carbocycles. The second-order valence-corrected chi connectivity index (χ2v) is 6.16. The monoisotopic (exact) mass is 323 g/mol. The van der Waals surface area contributed by atoms with Crippen molar-refractivity contribution in [1.82, 2.24) is 5.32 Å². The third-order valence-corrected chi connectivity index (χ3v) is 3.67. The van der Waals surface area contributed by atoms with E-state index in [9.17, 15) is 0 Å². The summed E-state index contributed by atoms with van der Waals surface area (Å²) in [4.78, 5) is 0. The predicted octanol–water partition coefficient (Wildman–Crippen LogP) is 5.53. The Bertz CT molecular complexity index is 582. The van der Waals surface area contributed by atoms with Crippen molar-refractivity contribution in [3.8, 4) is 11.5 Å². The van der Waals surface area contributed by atoms with Crippen molar-refractivity contribution in [3.63, 3.8) is 0 Å². The molecule has 0 saturated carbocycles. The van der Waals surface area contributed by atoms with Crippen molar-refractivity contribution in [2.24, 2.45) is 5.92 Å². The molecule has 21 heavy (non-hydrogen) atoms. The lowest BCUT2D eigenvalue weighted by Gasteiger charge is -2.09. The second kappa shape index (κ2) is 7.69. The molecule has 0 unspecified atom stereocenters. The molecule has 0 amide bonds. The van der Waals surface area contributed by atoms with Gasteiger partial charge in [-0.25, -0.2) is 0 Å². The fourth-order valence-electron chi connectivity index (χ4n) is 1.86. The summed E-state index contributed by atoms with van der Waals surface area (Å²) >= 11 is 11.8. The van der Waals surface area contributed by atoms with Crippen LogP contribution in [0.1, 0.15) is 19.4 Å². The third kappa shape index (κ3) is 5.24. The van der Waals surface area contributed by atoms with Gasteiger partial charge in [-0.3, -0.25) is 0 Å². The van der Waals surface area contributed by atoms with E-state index in [2.05, 4.69) is 31.3 Å². The molecule has 0 fully saturated rings. The summed E-state index contributed by atoms with van der Waals surface area (Å²) in [5.74, 6) is 2.11. The molecule has 0 heterocycles. The quantitative estimate of drug-likeness (QED) is 0.754. The Morgan fingerprint density at radius 1 is 0.952 bits per heavy atom. The van der Waals surface area contributed by atoms with Crippen molar-refractivity contribution in [3.05, 3.63) is 58.1 Å². The molecule has 0 radical (unpaired) electrons. The zero-order chi connectivity index (χ0) is 15.2. The lowest BCUT2D eigenvalue weighted by Crippen LogP contribution is -2.18. The van der Waals surface area contributed by atoms with Gasteiger partial charge in [-0.05, 0) is 42.3 Å². The predicted molar refractivity (Wildman–Crippen MR) is 89.5 cm³/mol. The average Bonchev–Trinajstić information content (AvgIpc) is 2.44. The van der Waals surface area contributed by atoms with Crippen LogP contribution in [0.2, 0.25) is 10.0 Å². The highest BCUT2D eigenvalue weighted by Crippen LogP contribution is 2.29. The molecule has 0 bridgehead atoms. The average molecular weight is 324 g/mol. The summed E-state index contributed by atoms with van der Waals surface area (Å²) < 4.78 is 5.75. The summed E-state index contributed by atoms with van der Waals surface area (Å²) in [5.41, 5.74) is 1.23.